The van der Waals surface area contributed by atoms with E-state index in [4.69, 9.17) is 4.74 Å². The summed E-state index contributed by atoms with van der Waals surface area (Å²) in [6.07, 6.45) is 0.392. The highest BCUT2D eigenvalue weighted by molar-refractivity contribution is 9.12. The van der Waals surface area contributed by atoms with E-state index in [-0.39, 0.29) is 0 Å². The molecule has 3 nitrogen and oxygen atoms in total. The summed E-state index contributed by atoms with van der Waals surface area (Å²) in [4.78, 5) is 0.375. The Balaban J connectivity index is 2.50. The normalized spacial score (nSPS) is 14.3. The van der Waals surface area contributed by atoms with E-state index in [9.17, 15) is 5.11 Å². The van der Waals surface area contributed by atoms with Crippen LogP contribution in [-0.4, -0.2) is 40.6 Å². The van der Waals surface area contributed by atoms with E-state index >= 15 is 0 Å². The molecule has 1 rings (SSSR count). The fourth-order valence-electron chi connectivity index (χ4n) is 1.72. The fourth-order valence-corrected chi connectivity index (χ4v) is 2.30. The maximum atomic E-state index is 9.87. The monoisotopic (exact) mass is 407 g/mol. The lowest BCUT2D eigenvalue weighted by molar-refractivity contribution is 0.104. The summed E-state index contributed by atoms with van der Waals surface area (Å²) in [6, 6.07) is 8.34. The average molecular weight is 409 g/mol. The van der Waals surface area contributed by atoms with Gasteiger partial charge in [0.05, 0.1) is 0 Å². The van der Waals surface area contributed by atoms with Gasteiger partial charge in [-0.05, 0) is 18.1 Å². The number of ether oxygens (including phenoxy) is 1. The van der Waals surface area contributed by atoms with Crippen LogP contribution in [0, 0.1) is 0 Å². The molecule has 0 bridgehead atoms. The lowest BCUT2D eigenvalue weighted by atomic mass is 10.1. The summed E-state index contributed by atoms with van der Waals surface area (Å²) in [5.41, 5.74) is 1.15. The summed E-state index contributed by atoms with van der Waals surface area (Å²) >= 11 is 7.06. The third-order valence-corrected chi connectivity index (χ3v) is 5.07. The molecule has 2 atom stereocenters. The molecule has 114 valence electrons. The summed E-state index contributed by atoms with van der Waals surface area (Å²) < 4.78 is 5.75. The van der Waals surface area contributed by atoms with Gasteiger partial charge in [-0.2, -0.15) is 0 Å². The van der Waals surface area contributed by atoms with Gasteiger partial charge < -0.3 is 15.2 Å². The Hall–Kier alpha value is -0.100. The van der Waals surface area contributed by atoms with Crippen molar-refractivity contribution in [2.45, 2.75) is 37.2 Å². The number of para-hydroxylation sites is 1. The van der Waals surface area contributed by atoms with E-state index in [1.54, 1.807) is 0 Å². The second kappa shape index (κ2) is 9.77. The van der Waals surface area contributed by atoms with E-state index in [1.807, 2.05) is 18.2 Å². The lowest BCUT2D eigenvalue weighted by Gasteiger charge is -2.17. The number of alkyl halides is 2. The molecular weight excluding hydrogens is 386 g/mol. The highest BCUT2D eigenvalue weighted by atomic mass is 79.9. The van der Waals surface area contributed by atoms with Gasteiger partial charge in [0.25, 0.3) is 0 Å². The Bertz CT molecular complexity index is 388. The molecule has 1 aromatic carbocycles. The number of benzene rings is 1. The van der Waals surface area contributed by atoms with Crippen LogP contribution in [0.15, 0.2) is 24.3 Å². The first kappa shape index (κ1) is 18.0. The van der Waals surface area contributed by atoms with E-state index in [0.29, 0.717) is 24.0 Å². The highest BCUT2D eigenvalue weighted by Gasteiger charge is 2.11. The third-order valence-electron chi connectivity index (χ3n) is 2.77. The van der Waals surface area contributed by atoms with Crippen molar-refractivity contribution in [2.24, 2.45) is 0 Å². The predicted molar refractivity (Wildman–Crippen MR) is 91.3 cm³/mol. The zero-order chi connectivity index (χ0) is 15.0. The number of aliphatic hydroxyl groups is 1. The first-order valence-corrected chi connectivity index (χ1v) is 8.88. The second-order valence-corrected chi connectivity index (χ2v) is 7.03. The van der Waals surface area contributed by atoms with Crippen molar-refractivity contribution in [2.75, 3.05) is 18.5 Å². The molecule has 5 heteroatoms. The van der Waals surface area contributed by atoms with Crippen molar-refractivity contribution in [3.8, 4) is 5.75 Å². The van der Waals surface area contributed by atoms with Crippen LogP contribution in [0.25, 0.3) is 0 Å². The van der Waals surface area contributed by atoms with E-state index in [2.05, 4.69) is 57.1 Å². The van der Waals surface area contributed by atoms with Crippen molar-refractivity contribution in [3.63, 3.8) is 0 Å². The standard InChI is InChI=1S/C15H23Br2NO2/c1-11(2)18-9-14(19)10-20-15-6-4-3-5-12(15)7-13(17)8-16/h3-6,11,13-14,18-19H,7-10H2,1-2H3. The molecule has 0 aliphatic carbocycles. The Kier molecular flexibility index (Phi) is 8.77. The lowest BCUT2D eigenvalue weighted by Crippen LogP contribution is -2.35. The summed E-state index contributed by atoms with van der Waals surface area (Å²) in [7, 11) is 0. The van der Waals surface area contributed by atoms with E-state index in [0.717, 1.165) is 23.1 Å². The van der Waals surface area contributed by atoms with Crippen molar-refractivity contribution in [1.82, 2.24) is 5.32 Å². The van der Waals surface area contributed by atoms with Crippen LogP contribution in [-0.2, 0) is 6.42 Å². The molecule has 0 spiro atoms. The average Bonchev–Trinajstić information content (AvgIpc) is 2.44. The molecule has 2 unspecified atom stereocenters. The molecule has 0 aliphatic heterocycles. The van der Waals surface area contributed by atoms with Gasteiger partial charge in [0.1, 0.15) is 18.5 Å². The molecule has 0 radical (unpaired) electrons. The number of halogens is 2. The molecular formula is C15H23Br2NO2. The summed E-state index contributed by atoms with van der Waals surface area (Å²) in [5, 5.41) is 14.0. The second-order valence-electron chi connectivity index (χ2n) is 5.09. The van der Waals surface area contributed by atoms with Crippen molar-refractivity contribution in [3.05, 3.63) is 29.8 Å². The van der Waals surface area contributed by atoms with Gasteiger partial charge in [-0.3, -0.25) is 0 Å². The molecule has 2 N–H and O–H groups in total. The maximum absolute atomic E-state index is 9.87. The van der Waals surface area contributed by atoms with E-state index in [1.165, 1.54) is 0 Å². The Morgan fingerprint density at radius 2 is 2.00 bits per heavy atom. The largest absolute Gasteiger partial charge is 0.491 e. The number of aliphatic hydroxyl groups excluding tert-OH is 1. The highest BCUT2D eigenvalue weighted by Crippen LogP contribution is 2.22. The van der Waals surface area contributed by atoms with Gasteiger partial charge in [0, 0.05) is 22.7 Å². The van der Waals surface area contributed by atoms with Crippen LogP contribution in [0.5, 0.6) is 5.75 Å². The molecule has 0 fully saturated rings. The molecule has 0 heterocycles. The van der Waals surface area contributed by atoms with Gasteiger partial charge in [-0.25, -0.2) is 0 Å². The van der Waals surface area contributed by atoms with Crippen LogP contribution < -0.4 is 10.1 Å². The van der Waals surface area contributed by atoms with Crippen molar-refractivity contribution >= 4 is 31.9 Å². The fraction of sp³-hybridized carbons (Fsp3) is 0.600. The quantitative estimate of drug-likeness (QED) is 0.616. The zero-order valence-corrected chi connectivity index (χ0v) is 15.2. The van der Waals surface area contributed by atoms with Gasteiger partial charge in [0.15, 0.2) is 0 Å². The Morgan fingerprint density at radius 1 is 1.30 bits per heavy atom. The van der Waals surface area contributed by atoms with Gasteiger partial charge in [-0.1, -0.05) is 63.9 Å². The molecule has 1 aromatic rings. The molecule has 0 saturated carbocycles. The SMILES string of the molecule is CC(C)NCC(O)COc1ccccc1CC(Br)CBr. The van der Waals surface area contributed by atoms with Crippen LogP contribution in [0.1, 0.15) is 19.4 Å². The predicted octanol–water partition coefficient (Wildman–Crippen LogP) is 3.13. The summed E-state index contributed by atoms with van der Waals surface area (Å²) in [5.74, 6) is 0.849. The van der Waals surface area contributed by atoms with Gasteiger partial charge in [-0.15, -0.1) is 0 Å². The number of rotatable bonds is 9. The maximum Gasteiger partial charge on any atom is 0.122 e. The first-order valence-electron chi connectivity index (χ1n) is 6.85. The van der Waals surface area contributed by atoms with Crippen molar-refractivity contribution < 1.29 is 9.84 Å². The Labute approximate surface area is 138 Å². The van der Waals surface area contributed by atoms with Crippen molar-refractivity contribution in [1.29, 1.82) is 0 Å². The molecule has 0 aromatic heterocycles. The minimum atomic E-state index is -0.499. The summed E-state index contributed by atoms with van der Waals surface area (Å²) in [6.45, 7) is 4.96. The zero-order valence-electron chi connectivity index (χ0n) is 12.0. The molecule has 0 aliphatic rings. The van der Waals surface area contributed by atoms with Crippen LogP contribution in [0.2, 0.25) is 0 Å². The minimum Gasteiger partial charge on any atom is -0.491 e. The van der Waals surface area contributed by atoms with E-state index < -0.39 is 6.10 Å². The van der Waals surface area contributed by atoms with Gasteiger partial charge in [0.2, 0.25) is 0 Å². The first-order chi connectivity index (χ1) is 9.52. The van der Waals surface area contributed by atoms with Crippen LogP contribution in [0.4, 0.5) is 0 Å². The molecule has 0 saturated heterocycles. The number of hydrogen-bond donors (Lipinski definition) is 2. The van der Waals surface area contributed by atoms with Crippen LogP contribution in [0.3, 0.4) is 0 Å². The minimum absolute atomic E-state index is 0.304. The topological polar surface area (TPSA) is 41.5 Å². The number of hydrogen-bond acceptors (Lipinski definition) is 3. The molecule has 20 heavy (non-hydrogen) atoms. The van der Waals surface area contributed by atoms with Crippen LogP contribution >= 0.6 is 31.9 Å². The Morgan fingerprint density at radius 3 is 2.65 bits per heavy atom. The smallest absolute Gasteiger partial charge is 0.122 e. The molecule has 0 amide bonds. The van der Waals surface area contributed by atoms with Gasteiger partial charge >= 0.3 is 0 Å². The number of nitrogens with one attached hydrogen (secondary N) is 1. The third kappa shape index (κ3) is 7.07.